The summed E-state index contributed by atoms with van der Waals surface area (Å²) >= 11 is 0. The Labute approximate surface area is 125 Å². The molecule has 1 aromatic carbocycles. The van der Waals surface area contributed by atoms with Gasteiger partial charge in [0.25, 0.3) is 0 Å². The fourth-order valence-corrected chi connectivity index (χ4v) is 1.59. The molecular weight excluding hydrogens is 290 g/mol. The number of Topliss-reactive ketones (excluding diaryl/α,β-unsaturated/α-hetero) is 1. The van der Waals surface area contributed by atoms with Crippen LogP contribution in [0, 0.1) is 10.1 Å². The summed E-state index contributed by atoms with van der Waals surface area (Å²) in [6.45, 7) is 1.44. The van der Waals surface area contributed by atoms with E-state index < -0.39 is 16.8 Å². The van der Waals surface area contributed by atoms with Crippen molar-refractivity contribution in [2.45, 2.75) is 6.92 Å². The molecular formula is C15H11NO6. The number of rotatable bonds is 5. The van der Waals surface area contributed by atoms with Gasteiger partial charge in [0.2, 0.25) is 0 Å². The van der Waals surface area contributed by atoms with Crippen LogP contribution in [0.1, 0.15) is 23.0 Å². The van der Waals surface area contributed by atoms with Crippen LogP contribution < -0.4 is 4.74 Å². The molecule has 0 unspecified atom stereocenters. The Bertz CT molecular complexity index is 742. The van der Waals surface area contributed by atoms with Gasteiger partial charge in [-0.2, -0.15) is 0 Å². The molecule has 0 saturated carbocycles. The molecule has 0 fully saturated rings. The van der Waals surface area contributed by atoms with Crippen LogP contribution in [0.25, 0.3) is 6.08 Å². The highest BCUT2D eigenvalue weighted by Gasteiger charge is 2.10. The smallest absolute Gasteiger partial charge is 0.423 e. The number of esters is 1. The molecule has 0 aliphatic carbocycles. The van der Waals surface area contributed by atoms with E-state index in [4.69, 9.17) is 9.15 Å². The van der Waals surface area contributed by atoms with Crippen molar-refractivity contribution in [3.05, 3.63) is 63.9 Å². The number of hydrogen-bond donors (Lipinski definition) is 0. The fourth-order valence-electron chi connectivity index (χ4n) is 1.59. The molecule has 22 heavy (non-hydrogen) atoms. The summed E-state index contributed by atoms with van der Waals surface area (Å²) in [5, 5.41) is 10.4. The van der Waals surface area contributed by atoms with Crippen molar-refractivity contribution in [2.24, 2.45) is 0 Å². The van der Waals surface area contributed by atoms with Gasteiger partial charge in [-0.3, -0.25) is 14.9 Å². The standard InChI is InChI=1S/C15H11NO6/c1-10(17)11-2-4-13(5-3-11)22-15(18)9-7-12-6-8-14(21-12)16(19)20/h2-9H,1H3/b9-7+. The van der Waals surface area contributed by atoms with Crippen molar-refractivity contribution >= 4 is 23.7 Å². The van der Waals surface area contributed by atoms with Gasteiger partial charge in [0.05, 0.1) is 6.07 Å². The third-order valence-corrected chi connectivity index (χ3v) is 2.66. The number of ketones is 1. The Kier molecular flexibility index (Phi) is 4.47. The van der Waals surface area contributed by atoms with Crippen molar-refractivity contribution in [3.63, 3.8) is 0 Å². The van der Waals surface area contributed by atoms with Gasteiger partial charge in [0.1, 0.15) is 16.4 Å². The van der Waals surface area contributed by atoms with Gasteiger partial charge in [0, 0.05) is 11.6 Å². The molecule has 1 heterocycles. The minimum absolute atomic E-state index is 0.0859. The van der Waals surface area contributed by atoms with E-state index in [1.54, 1.807) is 12.1 Å². The molecule has 2 rings (SSSR count). The Balaban J connectivity index is 1.98. The van der Waals surface area contributed by atoms with E-state index >= 15 is 0 Å². The van der Waals surface area contributed by atoms with Crippen molar-refractivity contribution in [1.82, 2.24) is 0 Å². The molecule has 0 aliphatic heterocycles. The van der Waals surface area contributed by atoms with Crippen LogP contribution in [0.4, 0.5) is 5.88 Å². The SMILES string of the molecule is CC(=O)c1ccc(OC(=O)/C=C/c2ccc([N+](=O)[O-])o2)cc1. The van der Waals surface area contributed by atoms with Crippen LogP contribution in [-0.4, -0.2) is 16.7 Å². The van der Waals surface area contributed by atoms with Crippen molar-refractivity contribution in [1.29, 1.82) is 0 Å². The highest BCUT2D eigenvalue weighted by atomic mass is 16.6. The normalized spacial score (nSPS) is 10.6. The molecule has 0 amide bonds. The molecule has 2 aromatic rings. The first-order valence-corrected chi connectivity index (χ1v) is 6.21. The molecule has 7 nitrogen and oxygen atoms in total. The largest absolute Gasteiger partial charge is 0.433 e. The second-order valence-corrected chi connectivity index (χ2v) is 4.27. The number of carbonyl (C=O) groups excluding carboxylic acids is 2. The fraction of sp³-hybridized carbons (Fsp3) is 0.0667. The first-order valence-electron chi connectivity index (χ1n) is 6.21. The number of nitrogens with zero attached hydrogens (tertiary/aromatic N) is 1. The van der Waals surface area contributed by atoms with Gasteiger partial charge in [-0.05, 0) is 43.3 Å². The maximum Gasteiger partial charge on any atom is 0.433 e. The number of ether oxygens (including phenoxy) is 1. The Hall–Kier alpha value is -3.22. The Morgan fingerprint density at radius 3 is 2.41 bits per heavy atom. The first-order chi connectivity index (χ1) is 10.5. The highest BCUT2D eigenvalue weighted by molar-refractivity contribution is 5.94. The van der Waals surface area contributed by atoms with Crippen LogP contribution in [0.5, 0.6) is 5.75 Å². The maximum atomic E-state index is 11.6. The molecule has 7 heteroatoms. The molecule has 0 radical (unpaired) electrons. The second-order valence-electron chi connectivity index (χ2n) is 4.27. The average Bonchev–Trinajstić information content (AvgIpc) is 2.95. The van der Waals surface area contributed by atoms with Gasteiger partial charge in [-0.1, -0.05) is 0 Å². The topological polar surface area (TPSA) is 99.7 Å². The van der Waals surface area contributed by atoms with Crippen LogP contribution in [0.2, 0.25) is 0 Å². The van der Waals surface area contributed by atoms with Gasteiger partial charge in [-0.15, -0.1) is 0 Å². The second kappa shape index (κ2) is 6.49. The van der Waals surface area contributed by atoms with Gasteiger partial charge >= 0.3 is 11.9 Å². The lowest BCUT2D eigenvalue weighted by atomic mass is 10.1. The van der Waals surface area contributed by atoms with Crippen LogP contribution in [-0.2, 0) is 4.79 Å². The predicted molar refractivity (Wildman–Crippen MR) is 76.5 cm³/mol. The minimum atomic E-state index is -0.674. The lowest BCUT2D eigenvalue weighted by molar-refractivity contribution is -0.402. The van der Waals surface area contributed by atoms with Crippen LogP contribution >= 0.6 is 0 Å². The number of furan rings is 1. The summed E-state index contributed by atoms with van der Waals surface area (Å²) in [5.74, 6) is -0.722. The summed E-state index contributed by atoms with van der Waals surface area (Å²) in [6, 6.07) is 8.64. The monoisotopic (exact) mass is 301 g/mol. The predicted octanol–water partition coefficient (Wildman–Crippen LogP) is 3.01. The molecule has 0 aliphatic rings. The Morgan fingerprint density at radius 2 is 1.86 bits per heavy atom. The van der Waals surface area contributed by atoms with E-state index in [2.05, 4.69) is 0 Å². The number of benzene rings is 1. The molecule has 0 spiro atoms. The van der Waals surface area contributed by atoms with E-state index in [0.717, 1.165) is 6.08 Å². The summed E-state index contributed by atoms with van der Waals surface area (Å²) in [4.78, 5) is 32.5. The van der Waals surface area contributed by atoms with E-state index in [-0.39, 0.29) is 17.3 Å². The number of nitro groups is 1. The van der Waals surface area contributed by atoms with Crippen LogP contribution in [0.3, 0.4) is 0 Å². The van der Waals surface area contributed by atoms with Crippen molar-refractivity contribution in [2.75, 3.05) is 0 Å². The van der Waals surface area contributed by atoms with Crippen molar-refractivity contribution in [3.8, 4) is 5.75 Å². The van der Waals surface area contributed by atoms with E-state index in [1.165, 1.54) is 37.3 Å². The lowest BCUT2D eigenvalue weighted by Crippen LogP contribution is -2.03. The molecule has 0 N–H and O–H groups in total. The minimum Gasteiger partial charge on any atom is -0.423 e. The summed E-state index contributed by atoms with van der Waals surface area (Å²) in [6.07, 6.45) is 2.35. The highest BCUT2D eigenvalue weighted by Crippen LogP contribution is 2.17. The zero-order valence-corrected chi connectivity index (χ0v) is 11.5. The molecule has 0 atom stereocenters. The average molecular weight is 301 g/mol. The summed E-state index contributed by atoms with van der Waals surface area (Å²) in [7, 11) is 0. The van der Waals surface area contributed by atoms with E-state index in [1.807, 2.05) is 0 Å². The first kappa shape index (κ1) is 15.2. The number of hydrogen-bond acceptors (Lipinski definition) is 6. The van der Waals surface area contributed by atoms with Gasteiger partial charge in [-0.25, -0.2) is 4.79 Å². The van der Waals surface area contributed by atoms with E-state index in [0.29, 0.717) is 5.56 Å². The maximum absolute atomic E-state index is 11.6. The number of carbonyl (C=O) groups is 2. The lowest BCUT2D eigenvalue weighted by Gasteiger charge is -2.01. The molecule has 112 valence electrons. The molecule has 0 saturated heterocycles. The quantitative estimate of drug-likeness (QED) is 0.210. The summed E-state index contributed by atoms with van der Waals surface area (Å²) < 4.78 is 9.87. The zero-order valence-electron chi connectivity index (χ0n) is 11.5. The molecule has 1 aromatic heterocycles. The molecule has 0 bridgehead atoms. The summed E-state index contributed by atoms with van der Waals surface area (Å²) in [5.41, 5.74) is 0.512. The van der Waals surface area contributed by atoms with Gasteiger partial charge < -0.3 is 9.15 Å². The van der Waals surface area contributed by atoms with Crippen LogP contribution in [0.15, 0.2) is 46.9 Å². The zero-order chi connectivity index (χ0) is 16.1. The van der Waals surface area contributed by atoms with Crippen molar-refractivity contribution < 1.29 is 23.7 Å². The third kappa shape index (κ3) is 3.89. The Morgan fingerprint density at radius 1 is 1.18 bits per heavy atom. The van der Waals surface area contributed by atoms with Gasteiger partial charge in [0.15, 0.2) is 5.78 Å². The third-order valence-electron chi connectivity index (χ3n) is 2.66. The van der Waals surface area contributed by atoms with E-state index in [9.17, 15) is 19.7 Å².